The van der Waals surface area contributed by atoms with E-state index in [0.29, 0.717) is 36.1 Å². The number of rotatable bonds is 4. The van der Waals surface area contributed by atoms with Crippen LogP contribution in [0, 0.1) is 5.92 Å². The third kappa shape index (κ3) is 5.28. The van der Waals surface area contributed by atoms with E-state index in [1.807, 2.05) is 0 Å². The van der Waals surface area contributed by atoms with Crippen LogP contribution in [0.5, 0.6) is 0 Å². The fraction of sp³-hybridized carbons (Fsp3) is 0.538. The number of nitrogens with one attached hydrogen (secondary N) is 1. The summed E-state index contributed by atoms with van der Waals surface area (Å²) < 4.78 is 37.6. The smallest absolute Gasteiger partial charge is 0.352 e. The van der Waals surface area contributed by atoms with Crippen molar-refractivity contribution in [1.82, 2.24) is 15.2 Å². The van der Waals surface area contributed by atoms with Crippen molar-refractivity contribution < 1.29 is 18.0 Å². The van der Waals surface area contributed by atoms with Crippen LogP contribution in [0.1, 0.15) is 16.8 Å². The van der Waals surface area contributed by atoms with Crippen molar-refractivity contribution in [3.8, 4) is 0 Å². The number of carbonyl (C=O) groups is 1. The molecule has 1 atom stereocenters. The first-order chi connectivity index (χ1) is 9.83. The number of hydrogen-bond donors (Lipinski definition) is 1. The molecule has 0 aromatic carbocycles. The molecule has 2 rings (SSSR count). The van der Waals surface area contributed by atoms with Gasteiger partial charge >= 0.3 is 6.18 Å². The zero-order valence-corrected chi connectivity index (χ0v) is 12.7. The number of carbonyl (C=O) groups excluding carboxylic acids is 1. The molecule has 1 aliphatic heterocycles. The van der Waals surface area contributed by atoms with Crippen LogP contribution in [0.4, 0.5) is 13.2 Å². The van der Waals surface area contributed by atoms with Crippen molar-refractivity contribution in [2.24, 2.45) is 5.92 Å². The SMILES string of the molecule is O=C(NCC1CCN(CC(F)(F)F)C1)c1cncc(Br)c1. The van der Waals surface area contributed by atoms with Gasteiger partial charge in [0.25, 0.3) is 5.91 Å². The van der Waals surface area contributed by atoms with Crippen LogP contribution in [0.25, 0.3) is 0 Å². The molecule has 8 heteroatoms. The largest absolute Gasteiger partial charge is 0.401 e. The van der Waals surface area contributed by atoms with E-state index in [4.69, 9.17) is 0 Å². The van der Waals surface area contributed by atoms with E-state index < -0.39 is 12.7 Å². The molecule has 1 unspecified atom stereocenters. The molecule has 2 heterocycles. The summed E-state index contributed by atoms with van der Waals surface area (Å²) >= 11 is 3.23. The predicted octanol–water partition coefficient (Wildman–Crippen LogP) is 2.46. The van der Waals surface area contributed by atoms with Gasteiger partial charge in [-0.3, -0.25) is 14.7 Å². The van der Waals surface area contributed by atoms with Crippen molar-refractivity contribution in [1.29, 1.82) is 0 Å². The van der Waals surface area contributed by atoms with E-state index in [-0.39, 0.29) is 11.8 Å². The molecule has 1 amide bonds. The average Bonchev–Trinajstić information content (AvgIpc) is 2.81. The van der Waals surface area contributed by atoms with Crippen LogP contribution >= 0.6 is 15.9 Å². The Bertz CT molecular complexity index is 510. The standard InChI is InChI=1S/C13H15BrF3N3O/c14-11-3-10(5-18-6-11)12(21)19-4-9-1-2-20(7-9)8-13(15,16)17/h3,5-6,9H,1-2,4,7-8H2,(H,19,21). The third-order valence-electron chi connectivity index (χ3n) is 3.29. The Morgan fingerprint density at radius 1 is 1.48 bits per heavy atom. The number of amides is 1. The average molecular weight is 366 g/mol. The second-order valence-corrected chi connectivity index (χ2v) is 6.02. The number of likely N-dealkylation sites (tertiary alicyclic amines) is 1. The molecular weight excluding hydrogens is 351 g/mol. The fourth-order valence-electron chi connectivity index (χ4n) is 2.35. The monoisotopic (exact) mass is 365 g/mol. The summed E-state index contributed by atoms with van der Waals surface area (Å²) in [4.78, 5) is 17.2. The molecule has 0 aliphatic carbocycles. The second kappa shape index (κ2) is 6.74. The van der Waals surface area contributed by atoms with Crippen LogP contribution in [0.2, 0.25) is 0 Å². The summed E-state index contributed by atoms with van der Waals surface area (Å²) in [5, 5.41) is 2.74. The lowest BCUT2D eigenvalue weighted by atomic mass is 10.1. The van der Waals surface area contributed by atoms with Gasteiger partial charge in [0.05, 0.1) is 12.1 Å². The molecular formula is C13H15BrF3N3O. The third-order valence-corrected chi connectivity index (χ3v) is 3.72. The van der Waals surface area contributed by atoms with Crippen LogP contribution in [-0.2, 0) is 0 Å². The number of pyridine rings is 1. The van der Waals surface area contributed by atoms with Crippen molar-refractivity contribution in [2.45, 2.75) is 12.6 Å². The number of nitrogens with zero attached hydrogens (tertiary/aromatic N) is 2. The summed E-state index contributed by atoms with van der Waals surface area (Å²) in [7, 11) is 0. The summed E-state index contributed by atoms with van der Waals surface area (Å²) in [5.74, 6) is -0.213. The summed E-state index contributed by atoms with van der Waals surface area (Å²) in [5.41, 5.74) is 0.425. The Kier molecular flexibility index (Phi) is 5.21. The van der Waals surface area contributed by atoms with E-state index in [1.54, 1.807) is 12.3 Å². The highest BCUT2D eigenvalue weighted by Gasteiger charge is 2.34. The highest BCUT2D eigenvalue weighted by atomic mass is 79.9. The van der Waals surface area contributed by atoms with Gasteiger partial charge in [0.2, 0.25) is 0 Å². The van der Waals surface area contributed by atoms with E-state index in [0.717, 1.165) is 0 Å². The van der Waals surface area contributed by atoms with Gasteiger partial charge in [0.15, 0.2) is 0 Å². The lowest BCUT2D eigenvalue weighted by Crippen LogP contribution is -2.34. The minimum atomic E-state index is -4.17. The molecule has 1 N–H and O–H groups in total. The van der Waals surface area contributed by atoms with Crippen molar-refractivity contribution >= 4 is 21.8 Å². The van der Waals surface area contributed by atoms with E-state index in [1.165, 1.54) is 11.1 Å². The fourth-order valence-corrected chi connectivity index (χ4v) is 2.72. The van der Waals surface area contributed by atoms with Crippen LogP contribution in [0.3, 0.4) is 0 Å². The first-order valence-electron chi connectivity index (χ1n) is 6.51. The predicted molar refractivity (Wildman–Crippen MR) is 74.9 cm³/mol. The number of halogens is 4. The van der Waals surface area contributed by atoms with Gasteiger partial charge in [0, 0.05) is 30.0 Å². The van der Waals surface area contributed by atoms with Gasteiger partial charge in [-0.15, -0.1) is 0 Å². The molecule has 1 fully saturated rings. The first kappa shape index (κ1) is 16.2. The van der Waals surface area contributed by atoms with Crippen LogP contribution < -0.4 is 5.32 Å². The van der Waals surface area contributed by atoms with Crippen LogP contribution in [-0.4, -0.2) is 48.1 Å². The quantitative estimate of drug-likeness (QED) is 0.891. The molecule has 0 radical (unpaired) electrons. The van der Waals surface area contributed by atoms with Gasteiger partial charge in [-0.25, -0.2) is 0 Å². The molecule has 1 saturated heterocycles. The zero-order valence-electron chi connectivity index (χ0n) is 11.2. The maximum Gasteiger partial charge on any atom is 0.401 e. The highest BCUT2D eigenvalue weighted by molar-refractivity contribution is 9.10. The Morgan fingerprint density at radius 2 is 2.24 bits per heavy atom. The molecule has 116 valence electrons. The Labute approximate surface area is 128 Å². The van der Waals surface area contributed by atoms with Gasteiger partial charge < -0.3 is 5.32 Å². The Balaban J connectivity index is 1.78. The van der Waals surface area contributed by atoms with Gasteiger partial charge in [-0.2, -0.15) is 13.2 Å². The van der Waals surface area contributed by atoms with E-state index in [9.17, 15) is 18.0 Å². The van der Waals surface area contributed by atoms with Crippen molar-refractivity contribution in [3.63, 3.8) is 0 Å². The van der Waals surface area contributed by atoms with E-state index in [2.05, 4.69) is 26.2 Å². The highest BCUT2D eigenvalue weighted by Crippen LogP contribution is 2.22. The number of aromatic nitrogens is 1. The molecule has 1 aromatic rings. The van der Waals surface area contributed by atoms with Crippen molar-refractivity contribution in [2.75, 3.05) is 26.2 Å². The summed E-state index contributed by atoms with van der Waals surface area (Å²) in [6.07, 6.45) is -0.485. The van der Waals surface area contributed by atoms with E-state index >= 15 is 0 Å². The molecule has 0 bridgehead atoms. The topological polar surface area (TPSA) is 45.2 Å². The zero-order chi connectivity index (χ0) is 15.5. The lowest BCUT2D eigenvalue weighted by molar-refractivity contribution is -0.143. The minimum absolute atomic E-state index is 0.0522. The number of hydrogen-bond acceptors (Lipinski definition) is 3. The summed E-state index contributed by atoms with van der Waals surface area (Å²) in [6, 6.07) is 1.65. The molecule has 1 aliphatic rings. The van der Waals surface area contributed by atoms with Crippen LogP contribution in [0.15, 0.2) is 22.9 Å². The lowest BCUT2D eigenvalue weighted by Gasteiger charge is -2.18. The minimum Gasteiger partial charge on any atom is -0.352 e. The molecule has 0 spiro atoms. The van der Waals surface area contributed by atoms with Gasteiger partial charge in [-0.1, -0.05) is 0 Å². The van der Waals surface area contributed by atoms with Gasteiger partial charge in [0.1, 0.15) is 0 Å². The molecule has 1 aromatic heterocycles. The first-order valence-corrected chi connectivity index (χ1v) is 7.30. The van der Waals surface area contributed by atoms with Gasteiger partial charge in [-0.05, 0) is 40.9 Å². The Morgan fingerprint density at radius 3 is 2.90 bits per heavy atom. The maximum atomic E-state index is 12.3. The normalized spacial score (nSPS) is 19.7. The molecule has 0 saturated carbocycles. The molecule has 21 heavy (non-hydrogen) atoms. The summed E-state index contributed by atoms with van der Waals surface area (Å²) in [6.45, 7) is 0.266. The second-order valence-electron chi connectivity index (χ2n) is 5.11. The maximum absolute atomic E-state index is 12.3. The number of alkyl halides is 3. The molecule has 4 nitrogen and oxygen atoms in total. The van der Waals surface area contributed by atoms with Crippen molar-refractivity contribution in [3.05, 3.63) is 28.5 Å². The Hall–Kier alpha value is -1.15.